The zero-order valence-corrected chi connectivity index (χ0v) is 7.23. The lowest BCUT2D eigenvalue weighted by molar-refractivity contribution is 0.590. The second-order valence-electron chi connectivity index (χ2n) is 2.85. The van der Waals surface area contributed by atoms with Crippen molar-refractivity contribution in [2.45, 2.75) is 25.9 Å². The predicted molar refractivity (Wildman–Crippen MR) is 45.2 cm³/mol. The Hall–Kier alpha value is -1.34. The normalized spacial score (nSPS) is 15.2. The van der Waals surface area contributed by atoms with Crippen LogP contribution < -0.4 is 5.73 Å². The van der Waals surface area contributed by atoms with Gasteiger partial charge in [0.15, 0.2) is 0 Å². The first-order valence-electron chi connectivity index (χ1n) is 3.84. The molecular weight excluding hydrogens is 152 g/mol. The molecular formula is C8H12N4. The van der Waals surface area contributed by atoms with Gasteiger partial charge in [-0.15, -0.1) is 0 Å². The van der Waals surface area contributed by atoms with E-state index in [1.54, 1.807) is 24.0 Å². The van der Waals surface area contributed by atoms with Crippen molar-refractivity contribution in [1.29, 1.82) is 5.26 Å². The molecule has 12 heavy (non-hydrogen) atoms. The van der Waals surface area contributed by atoms with Crippen LogP contribution in [0.25, 0.3) is 0 Å². The molecule has 1 heterocycles. The first kappa shape index (κ1) is 8.75. The maximum absolute atomic E-state index is 8.59. The molecule has 0 saturated carbocycles. The Balaban J connectivity index is 2.86. The fourth-order valence-corrected chi connectivity index (χ4v) is 0.859. The van der Waals surface area contributed by atoms with Crippen molar-refractivity contribution < 1.29 is 0 Å². The Kier molecular flexibility index (Phi) is 2.46. The number of hydrogen-bond acceptors (Lipinski definition) is 3. The van der Waals surface area contributed by atoms with Crippen LogP contribution in [0.5, 0.6) is 0 Å². The topological polar surface area (TPSA) is 67.6 Å². The van der Waals surface area contributed by atoms with Crippen LogP contribution >= 0.6 is 0 Å². The zero-order valence-electron chi connectivity index (χ0n) is 7.23. The molecule has 64 valence electrons. The molecule has 0 aliphatic rings. The molecule has 2 N–H and O–H groups in total. The molecule has 0 aliphatic carbocycles. The largest absolute Gasteiger partial charge is 0.324 e. The standard InChI is InChI=1S/C8H12N4/c1-6(3-9)12-5-8(4-11-12)7(2)10/h4-7H,10H2,1-2H3/t6?,7-/m1/s1. The summed E-state index contributed by atoms with van der Waals surface area (Å²) in [5, 5.41) is 12.6. The van der Waals surface area contributed by atoms with Crippen molar-refractivity contribution in [3.63, 3.8) is 0 Å². The van der Waals surface area contributed by atoms with E-state index in [-0.39, 0.29) is 12.1 Å². The average Bonchev–Trinajstić information content (AvgIpc) is 2.51. The first-order valence-corrected chi connectivity index (χ1v) is 3.84. The minimum Gasteiger partial charge on any atom is -0.324 e. The van der Waals surface area contributed by atoms with E-state index in [0.717, 1.165) is 5.56 Å². The van der Waals surface area contributed by atoms with Gasteiger partial charge in [-0.2, -0.15) is 10.4 Å². The van der Waals surface area contributed by atoms with Crippen LogP contribution in [-0.4, -0.2) is 9.78 Å². The zero-order chi connectivity index (χ0) is 9.14. The third-order valence-electron chi connectivity index (χ3n) is 1.73. The van der Waals surface area contributed by atoms with Crippen LogP contribution in [0.3, 0.4) is 0 Å². The van der Waals surface area contributed by atoms with Crippen LogP contribution in [0.4, 0.5) is 0 Å². The van der Waals surface area contributed by atoms with Gasteiger partial charge in [0, 0.05) is 17.8 Å². The molecule has 4 heteroatoms. The molecule has 1 unspecified atom stereocenters. The third-order valence-corrected chi connectivity index (χ3v) is 1.73. The van der Waals surface area contributed by atoms with E-state index in [1.165, 1.54) is 0 Å². The van der Waals surface area contributed by atoms with Gasteiger partial charge in [-0.05, 0) is 13.8 Å². The molecule has 1 aromatic heterocycles. The molecule has 1 rings (SSSR count). The van der Waals surface area contributed by atoms with Crippen molar-refractivity contribution >= 4 is 0 Å². The summed E-state index contributed by atoms with van der Waals surface area (Å²) >= 11 is 0. The molecule has 0 aromatic carbocycles. The Morgan fingerprint density at radius 1 is 1.67 bits per heavy atom. The van der Waals surface area contributed by atoms with Gasteiger partial charge in [0.25, 0.3) is 0 Å². The number of hydrogen-bond donors (Lipinski definition) is 1. The Morgan fingerprint density at radius 2 is 2.33 bits per heavy atom. The molecule has 4 nitrogen and oxygen atoms in total. The molecule has 0 saturated heterocycles. The Bertz CT molecular complexity index is 294. The van der Waals surface area contributed by atoms with Gasteiger partial charge in [0.05, 0.1) is 12.3 Å². The van der Waals surface area contributed by atoms with E-state index in [9.17, 15) is 0 Å². The quantitative estimate of drug-likeness (QED) is 0.708. The predicted octanol–water partition coefficient (Wildman–Crippen LogP) is 0.987. The molecule has 1 aromatic rings. The lowest BCUT2D eigenvalue weighted by atomic mass is 10.2. The van der Waals surface area contributed by atoms with Crippen molar-refractivity contribution in [3.8, 4) is 6.07 Å². The minimum atomic E-state index is -0.225. The fraction of sp³-hybridized carbons (Fsp3) is 0.500. The third kappa shape index (κ3) is 1.63. The molecule has 0 amide bonds. The second-order valence-corrected chi connectivity index (χ2v) is 2.85. The maximum atomic E-state index is 8.59. The van der Waals surface area contributed by atoms with E-state index >= 15 is 0 Å². The summed E-state index contributed by atoms with van der Waals surface area (Å²) in [7, 11) is 0. The van der Waals surface area contributed by atoms with Gasteiger partial charge in [-0.3, -0.25) is 4.68 Å². The highest BCUT2D eigenvalue weighted by Gasteiger charge is 2.06. The van der Waals surface area contributed by atoms with Gasteiger partial charge < -0.3 is 5.73 Å². The summed E-state index contributed by atoms with van der Waals surface area (Å²) in [6.07, 6.45) is 3.50. The van der Waals surface area contributed by atoms with E-state index in [2.05, 4.69) is 11.2 Å². The Morgan fingerprint density at radius 3 is 2.75 bits per heavy atom. The summed E-state index contributed by atoms with van der Waals surface area (Å²) in [4.78, 5) is 0. The lowest BCUT2D eigenvalue weighted by Crippen LogP contribution is -2.05. The number of rotatable bonds is 2. The first-order chi connectivity index (χ1) is 5.65. The van der Waals surface area contributed by atoms with Gasteiger partial charge >= 0.3 is 0 Å². The van der Waals surface area contributed by atoms with Crippen molar-refractivity contribution in [1.82, 2.24) is 9.78 Å². The second kappa shape index (κ2) is 3.37. The molecule has 0 spiro atoms. The van der Waals surface area contributed by atoms with Crippen molar-refractivity contribution in [3.05, 3.63) is 18.0 Å². The molecule has 0 aliphatic heterocycles. The van der Waals surface area contributed by atoms with Gasteiger partial charge in [0.2, 0.25) is 0 Å². The van der Waals surface area contributed by atoms with Crippen LogP contribution in [0.1, 0.15) is 31.5 Å². The summed E-state index contributed by atoms with van der Waals surface area (Å²) in [5.74, 6) is 0. The summed E-state index contributed by atoms with van der Waals surface area (Å²) < 4.78 is 1.61. The molecule has 0 fully saturated rings. The molecule has 0 radical (unpaired) electrons. The SMILES string of the molecule is CC(C#N)n1cc([C@@H](C)N)cn1. The van der Waals surface area contributed by atoms with E-state index in [4.69, 9.17) is 11.0 Å². The van der Waals surface area contributed by atoms with Gasteiger partial charge in [-0.25, -0.2) is 0 Å². The van der Waals surface area contributed by atoms with Gasteiger partial charge in [-0.1, -0.05) is 0 Å². The monoisotopic (exact) mass is 164 g/mol. The van der Waals surface area contributed by atoms with Crippen LogP contribution in [0.15, 0.2) is 12.4 Å². The van der Waals surface area contributed by atoms with Gasteiger partial charge in [0.1, 0.15) is 6.04 Å². The Labute approximate surface area is 71.6 Å². The summed E-state index contributed by atoms with van der Waals surface area (Å²) in [6.45, 7) is 3.68. The van der Waals surface area contributed by atoms with Crippen LogP contribution in [0, 0.1) is 11.3 Å². The number of nitriles is 1. The van der Waals surface area contributed by atoms with Crippen LogP contribution in [0.2, 0.25) is 0 Å². The smallest absolute Gasteiger partial charge is 0.135 e. The highest BCUT2D eigenvalue weighted by atomic mass is 15.3. The number of nitrogens with zero attached hydrogens (tertiary/aromatic N) is 3. The van der Waals surface area contributed by atoms with Crippen molar-refractivity contribution in [2.75, 3.05) is 0 Å². The molecule has 0 bridgehead atoms. The lowest BCUT2D eigenvalue weighted by Gasteiger charge is -2.01. The number of nitrogens with two attached hydrogens (primary N) is 1. The maximum Gasteiger partial charge on any atom is 0.135 e. The van der Waals surface area contributed by atoms with Crippen molar-refractivity contribution in [2.24, 2.45) is 5.73 Å². The molecule has 2 atom stereocenters. The van der Waals surface area contributed by atoms with E-state index in [1.807, 2.05) is 6.92 Å². The van der Waals surface area contributed by atoms with E-state index in [0.29, 0.717) is 0 Å². The average molecular weight is 164 g/mol. The van der Waals surface area contributed by atoms with E-state index < -0.39 is 0 Å². The fourth-order valence-electron chi connectivity index (χ4n) is 0.859. The van der Waals surface area contributed by atoms with Crippen LogP contribution in [-0.2, 0) is 0 Å². The minimum absolute atomic E-state index is 0.0235. The summed E-state index contributed by atoms with van der Waals surface area (Å²) in [6, 6.07) is 1.85. The highest BCUT2D eigenvalue weighted by Crippen LogP contribution is 2.10. The number of aromatic nitrogens is 2. The highest BCUT2D eigenvalue weighted by molar-refractivity contribution is 5.09. The summed E-state index contributed by atoms with van der Waals surface area (Å²) in [5.41, 5.74) is 6.59.